The molecule has 3 aromatic rings. The van der Waals surface area contributed by atoms with Gasteiger partial charge >= 0.3 is 27.0 Å². The number of halogens is 1. The zero-order valence-corrected chi connectivity index (χ0v) is 21.0. The zero-order valence-electron chi connectivity index (χ0n) is 18.5. The number of likely N-dealkylation sites (N-methyl/N-ethyl adjacent to an activating group) is 1. The van der Waals surface area contributed by atoms with Crippen LogP contribution in [0.15, 0.2) is 84.9 Å². The fourth-order valence-corrected chi connectivity index (χ4v) is 2.93. The molecule has 30 heavy (non-hydrogen) atoms. The van der Waals surface area contributed by atoms with Gasteiger partial charge in [0.1, 0.15) is 0 Å². The summed E-state index contributed by atoms with van der Waals surface area (Å²) in [6.07, 6.45) is 0. The Hall–Kier alpha value is -1.51. The standard InChI is InChI=1S/C15H16N2.C10H14.CH3.ClH.Ru/c1-17-15(13-10-6-3-7-11-13)14(16)12-8-4-2-5-9-12;1-8(2)10-6-4-9(3)5-7-10;;;/h2-11,14-16H,1H3;4-8H,1-3H3;1H3;1H;/q-2;;-1;;+4/p-1/t14-,15-;;;;/m0..../s1. The van der Waals surface area contributed by atoms with Crippen LogP contribution in [0.5, 0.6) is 0 Å². The van der Waals surface area contributed by atoms with E-state index < -0.39 is 0 Å². The molecule has 0 saturated heterocycles. The molecule has 0 aliphatic carbocycles. The van der Waals surface area contributed by atoms with Gasteiger partial charge in [-0.05, 0) is 18.4 Å². The molecule has 0 radical (unpaired) electrons. The van der Waals surface area contributed by atoms with E-state index in [0.717, 1.165) is 11.1 Å². The van der Waals surface area contributed by atoms with Crippen molar-refractivity contribution in [3.63, 3.8) is 0 Å². The number of hydrogen-bond donors (Lipinski definition) is 0. The average molecular weight is 510 g/mol. The molecule has 162 valence electrons. The van der Waals surface area contributed by atoms with E-state index in [0.29, 0.717) is 5.92 Å². The molecule has 0 spiro atoms. The Labute approximate surface area is 198 Å². The van der Waals surface area contributed by atoms with Crippen molar-refractivity contribution >= 4 is 9.69 Å². The van der Waals surface area contributed by atoms with E-state index >= 15 is 0 Å². The van der Waals surface area contributed by atoms with Crippen LogP contribution in [0.25, 0.3) is 11.1 Å². The Morgan fingerprint density at radius 2 is 1.17 bits per heavy atom. The van der Waals surface area contributed by atoms with Crippen molar-refractivity contribution in [2.75, 3.05) is 7.05 Å². The van der Waals surface area contributed by atoms with Crippen LogP contribution in [0.4, 0.5) is 0 Å². The van der Waals surface area contributed by atoms with Gasteiger partial charge in [0.2, 0.25) is 0 Å². The van der Waals surface area contributed by atoms with E-state index in [4.69, 9.17) is 5.73 Å². The van der Waals surface area contributed by atoms with Gasteiger partial charge in [-0.25, -0.2) is 0 Å². The Morgan fingerprint density at radius 1 is 0.733 bits per heavy atom. The third-order valence-electron chi connectivity index (χ3n) is 4.64. The number of benzene rings is 3. The number of aryl methyl sites for hydroxylation is 1. The summed E-state index contributed by atoms with van der Waals surface area (Å²) in [7, 11) is 6.35. The van der Waals surface area contributed by atoms with Crippen molar-refractivity contribution in [1.82, 2.24) is 0 Å². The predicted molar refractivity (Wildman–Crippen MR) is 130 cm³/mol. The van der Waals surface area contributed by atoms with Gasteiger partial charge in [0.05, 0.1) is 0 Å². The van der Waals surface area contributed by atoms with Gasteiger partial charge in [-0.1, -0.05) is 115 Å². The van der Waals surface area contributed by atoms with Crippen LogP contribution in [-0.4, -0.2) is 7.05 Å². The molecular formula is C26H33ClN2Ru. The fourth-order valence-electron chi connectivity index (χ4n) is 2.93. The van der Waals surface area contributed by atoms with Gasteiger partial charge in [-0.15, -0.1) is 12.1 Å². The molecule has 0 unspecified atom stereocenters. The summed E-state index contributed by atoms with van der Waals surface area (Å²) in [6.45, 7) is 6.54. The third-order valence-corrected chi connectivity index (χ3v) is 4.64. The zero-order chi connectivity index (χ0) is 21.6. The first kappa shape index (κ1) is 28.5. The topological polar surface area (TPSA) is 37.9 Å². The summed E-state index contributed by atoms with van der Waals surface area (Å²) in [4.78, 5) is 0. The average Bonchev–Trinajstić information content (AvgIpc) is 2.78. The summed E-state index contributed by atoms with van der Waals surface area (Å²) in [5.74, 6) is 0.653. The van der Waals surface area contributed by atoms with E-state index in [2.05, 4.69) is 60.0 Å². The summed E-state index contributed by atoms with van der Waals surface area (Å²) >= 11 is 1.82. The number of nitrogens with one attached hydrogen (secondary N) is 1. The molecule has 4 heteroatoms. The molecule has 0 fully saturated rings. The van der Waals surface area contributed by atoms with Crippen molar-refractivity contribution in [2.24, 2.45) is 0 Å². The second-order valence-electron chi connectivity index (χ2n) is 7.07. The van der Waals surface area contributed by atoms with Crippen molar-refractivity contribution < 1.29 is 17.3 Å². The van der Waals surface area contributed by atoms with E-state index in [1.54, 1.807) is 7.05 Å². The van der Waals surface area contributed by atoms with Crippen molar-refractivity contribution in [3.8, 4) is 0 Å². The van der Waals surface area contributed by atoms with Crippen molar-refractivity contribution in [3.05, 3.63) is 126 Å². The van der Waals surface area contributed by atoms with Crippen LogP contribution in [0.2, 0.25) is 0 Å². The first-order valence-electron chi connectivity index (χ1n) is 9.62. The molecular weight excluding hydrogens is 477 g/mol. The van der Waals surface area contributed by atoms with E-state index in [9.17, 15) is 0 Å². The second-order valence-corrected chi connectivity index (χ2v) is 7.07. The number of rotatable bonds is 5. The Morgan fingerprint density at radius 3 is 1.57 bits per heavy atom. The predicted octanol–water partition coefficient (Wildman–Crippen LogP) is 8.78. The molecule has 0 heterocycles. The van der Waals surface area contributed by atoms with Crippen molar-refractivity contribution in [1.29, 1.82) is 0 Å². The Bertz CT molecular complexity index is 777. The molecule has 2 atom stereocenters. The van der Waals surface area contributed by atoms with Crippen LogP contribution in [0.1, 0.15) is 54.1 Å². The SMILES string of the molecule is C[N-][C@@H](c1ccccc1)[C@@H]([NH-])c1ccccc1.Cc1ccc(C(C)C)cc1.[CH3-].[Cl][Ru+3]. The minimum atomic E-state index is -0.344. The van der Waals surface area contributed by atoms with Crippen molar-refractivity contribution in [2.45, 2.75) is 38.8 Å². The molecule has 0 bridgehead atoms. The van der Waals surface area contributed by atoms with Gasteiger partial charge in [0.25, 0.3) is 0 Å². The van der Waals surface area contributed by atoms with Gasteiger partial charge in [-0.2, -0.15) is 7.05 Å². The molecule has 3 aromatic carbocycles. The number of hydrogen-bond acceptors (Lipinski definition) is 0. The molecule has 2 nitrogen and oxygen atoms in total. The van der Waals surface area contributed by atoms with Gasteiger partial charge in [0, 0.05) is 0 Å². The van der Waals surface area contributed by atoms with Gasteiger partial charge < -0.3 is 18.5 Å². The molecule has 3 rings (SSSR count). The van der Waals surface area contributed by atoms with E-state index in [1.807, 2.05) is 78.0 Å². The van der Waals surface area contributed by atoms with E-state index in [1.165, 1.54) is 11.1 Å². The number of nitrogens with zero attached hydrogens (tertiary/aromatic N) is 1. The van der Waals surface area contributed by atoms with Gasteiger partial charge in [-0.3, -0.25) is 0 Å². The monoisotopic (exact) mass is 510 g/mol. The first-order valence-corrected chi connectivity index (χ1v) is 11.9. The van der Waals surface area contributed by atoms with Gasteiger partial charge in [0.15, 0.2) is 0 Å². The summed E-state index contributed by atoms with van der Waals surface area (Å²) in [6, 6.07) is 28.2. The summed E-state index contributed by atoms with van der Waals surface area (Å²) in [5, 5.41) is 4.35. The molecule has 0 aliphatic rings. The van der Waals surface area contributed by atoms with Crippen LogP contribution in [-0.2, 0) is 17.3 Å². The molecule has 0 saturated carbocycles. The second kappa shape index (κ2) is 16.2. The quantitative estimate of drug-likeness (QED) is 0.243. The fraction of sp³-hybridized carbons (Fsp3) is 0.269. The molecule has 0 aromatic heterocycles. The first-order chi connectivity index (χ1) is 14.0. The summed E-state index contributed by atoms with van der Waals surface area (Å²) in [5.41, 5.74) is 13.2. The normalized spacial score (nSPS) is 11.7. The van der Waals surface area contributed by atoms with Crippen LogP contribution in [0.3, 0.4) is 0 Å². The maximum atomic E-state index is 8.31. The van der Waals surface area contributed by atoms with Crippen LogP contribution in [0, 0.1) is 14.4 Å². The molecule has 0 amide bonds. The Balaban J connectivity index is 0.000000557. The minimum absolute atomic E-state index is 0. The van der Waals surface area contributed by atoms with Crippen LogP contribution < -0.4 is 0 Å². The molecule has 0 aliphatic heterocycles. The molecule has 1 N–H and O–H groups in total. The third kappa shape index (κ3) is 9.54. The summed E-state index contributed by atoms with van der Waals surface area (Å²) < 4.78 is 0. The van der Waals surface area contributed by atoms with Crippen LogP contribution >= 0.6 is 9.69 Å². The Kier molecular flexibility index (Phi) is 15.4. The maximum absolute atomic E-state index is 8.31. The van der Waals surface area contributed by atoms with E-state index in [-0.39, 0.29) is 19.5 Å².